The largest absolute Gasteiger partial charge is 0.493 e. The van der Waals surface area contributed by atoms with E-state index in [2.05, 4.69) is 21.0 Å². The molecule has 0 aliphatic carbocycles. The number of alkyl halides is 7. The minimum atomic E-state index is -6.50. The van der Waals surface area contributed by atoms with Gasteiger partial charge < -0.3 is 9.47 Å². The van der Waals surface area contributed by atoms with Crippen LogP contribution in [-0.2, 0) is 6.61 Å². The number of methoxy groups -OCH3 is 1. The second-order valence-electron chi connectivity index (χ2n) is 6.26. The maximum atomic E-state index is 13.3. The van der Waals surface area contributed by atoms with E-state index in [4.69, 9.17) is 9.47 Å². The van der Waals surface area contributed by atoms with Crippen molar-refractivity contribution in [3.05, 3.63) is 62.1 Å². The molecular weight excluding hydrogens is 535 g/mol. The SMILES string of the molecule is COc1cc(/C=N/NC(F)(F)C(F)(F)C(F)(F)F)c(Br)cc1OCc1cccc([N+](=O)[O-])c1. The predicted octanol–water partition coefficient (Wildman–Crippen LogP) is 5.66. The minimum absolute atomic E-state index is 0.0254. The molecule has 0 amide bonds. The molecule has 2 aromatic carbocycles. The second-order valence-corrected chi connectivity index (χ2v) is 7.11. The van der Waals surface area contributed by atoms with E-state index in [1.54, 1.807) is 6.07 Å². The molecule has 0 unspecified atom stereocenters. The molecule has 0 heterocycles. The van der Waals surface area contributed by atoms with Crippen molar-refractivity contribution in [1.29, 1.82) is 0 Å². The maximum absolute atomic E-state index is 13.3. The van der Waals surface area contributed by atoms with Crippen molar-refractivity contribution in [1.82, 2.24) is 5.43 Å². The highest BCUT2D eigenvalue weighted by Gasteiger charge is 2.73. The molecule has 0 saturated heterocycles. The lowest BCUT2D eigenvalue weighted by atomic mass is 10.2. The molecule has 0 aliphatic heterocycles. The molecule has 0 radical (unpaired) electrons. The number of hydrogen-bond donors (Lipinski definition) is 1. The van der Waals surface area contributed by atoms with Crippen LogP contribution in [0.5, 0.6) is 11.5 Å². The Kier molecular flexibility index (Phi) is 7.77. The highest BCUT2D eigenvalue weighted by Crippen LogP contribution is 2.45. The number of non-ortho nitro benzene ring substituents is 1. The first-order valence-corrected chi connectivity index (χ1v) is 9.35. The first-order valence-electron chi connectivity index (χ1n) is 8.56. The highest BCUT2D eigenvalue weighted by molar-refractivity contribution is 9.10. The molecule has 7 nitrogen and oxygen atoms in total. The summed E-state index contributed by atoms with van der Waals surface area (Å²) in [6, 6.07) is 2.35. The number of nitro benzene ring substituents is 1. The van der Waals surface area contributed by atoms with Crippen LogP contribution in [0.25, 0.3) is 0 Å². The van der Waals surface area contributed by atoms with E-state index < -0.39 is 23.1 Å². The van der Waals surface area contributed by atoms with E-state index in [1.807, 2.05) is 0 Å². The molecule has 1 N–H and O–H groups in total. The molecule has 0 spiro atoms. The number of hydrogen-bond acceptors (Lipinski definition) is 6. The van der Waals surface area contributed by atoms with Gasteiger partial charge >= 0.3 is 18.1 Å². The van der Waals surface area contributed by atoms with Crippen LogP contribution in [0.15, 0.2) is 46.0 Å². The first kappa shape index (κ1) is 26.2. The van der Waals surface area contributed by atoms with Crippen molar-refractivity contribution in [3.63, 3.8) is 0 Å². The third-order valence-corrected chi connectivity index (χ3v) is 4.64. The lowest BCUT2D eigenvalue weighted by molar-refractivity contribution is -0.384. The molecule has 0 fully saturated rings. The molecule has 0 saturated carbocycles. The lowest BCUT2D eigenvalue weighted by Crippen LogP contribution is -2.58. The Bertz CT molecular complexity index is 1050. The molecule has 0 aliphatic rings. The van der Waals surface area contributed by atoms with Crippen molar-refractivity contribution < 1.29 is 45.1 Å². The van der Waals surface area contributed by atoms with Gasteiger partial charge in [-0.25, -0.2) is 5.43 Å². The fourth-order valence-electron chi connectivity index (χ4n) is 2.27. The average Bonchev–Trinajstić information content (AvgIpc) is 2.72. The van der Waals surface area contributed by atoms with Crippen LogP contribution in [0.1, 0.15) is 11.1 Å². The second kappa shape index (κ2) is 9.80. The third kappa shape index (κ3) is 6.03. The first-order chi connectivity index (χ1) is 15.2. The zero-order chi connectivity index (χ0) is 25.0. The van der Waals surface area contributed by atoms with E-state index in [0.29, 0.717) is 17.2 Å². The van der Waals surface area contributed by atoms with E-state index in [9.17, 15) is 40.8 Å². The maximum Gasteiger partial charge on any atom is 0.462 e. The summed E-state index contributed by atoms with van der Waals surface area (Å²) in [4.78, 5) is 10.3. The van der Waals surface area contributed by atoms with Gasteiger partial charge in [0, 0.05) is 22.2 Å². The number of nitrogens with zero attached hydrogens (tertiary/aromatic N) is 2. The summed E-state index contributed by atoms with van der Waals surface area (Å²) in [6.45, 7) is -0.113. The van der Waals surface area contributed by atoms with Crippen LogP contribution in [-0.4, -0.2) is 36.4 Å². The number of halogens is 8. The van der Waals surface area contributed by atoms with Gasteiger partial charge in [0.2, 0.25) is 0 Å². The Morgan fingerprint density at radius 3 is 2.36 bits per heavy atom. The molecule has 0 bridgehead atoms. The monoisotopic (exact) mass is 547 g/mol. The Labute approximate surface area is 189 Å². The van der Waals surface area contributed by atoms with Crippen LogP contribution in [0.2, 0.25) is 0 Å². The highest BCUT2D eigenvalue weighted by atomic mass is 79.9. The van der Waals surface area contributed by atoms with Crippen molar-refractivity contribution in [2.45, 2.75) is 24.8 Å². The molecule has 180 valence electrons. The van der Waals surface area contributed by atoms with Crippen molar-refractivity contribution in [2.24, 2.45) is 5.10 Å². The summed E-state index contributed by atoms with van der Waals surface area (Å²) in [7, 11) is 1.22. The fourth-order valence-corrected chi connectivity index (χ4v) is 2.70. The van der Waals surface area contributed by atoms with Gasteiger partial charge in [0.25, 0.3) is 5.69 Å². The molecule has 0 atom stereocenters. The van der Waals surface area contributed by atoms with Gasteiger partial charge in [-0.3, -0.25) is 10.1 Å². The van der Waals surface area contributed by atoms with Gasteiger partial charge in [0.15, 0.2) is 11.5 Å². The van der Waals surface area contributed by atoms with E-state index >= 15 is 0 Å². The van der Waals surface area contributed by atoms with Gasteiger partial charge in [-0.05, 0) is 33.6 Å². The number of nitrogens with one attached hydrogen (secondary N) is 1. The summed E-state index contributed by atoms with van der Waals surface area (Å²) in [6.07, 6.45) is -5.93. The van der Waals surface area contributed by atoms with Gasteiger partial charge in [-0.15, -0.1) is 0 Å². The fraction of sp³-hybridized carbons (Fsp3) is 0.278. The summed E-state index contributed by atoms with van der Waals surface area (Å²) < 4.78 is 99.5. The van der Waals surface area contributed by atoms with Crippen LogP contribution in [0, 0.1) is 10.1 Å². The Balaban J connectivity index is 2.18. The van der Waals surface area contributed by atoms with Crippen molar-refractivity contribution in [3.8, 4) is 11.5 Å². The summed E-state index contributed by atoms with van der Waals surface area (Å²) >= 11 is 3.06. The van der Waals surface area contributed by atoms with Crippen LogP contribution in [0.4, 0.5) is 36.4 Å². The van der Waals surface area contributed by atoms with Crippen LogP contribution < -0.4 is 14.9 Å². The third-order valence-electron chi connectivity index (χ3n) is 3.96. The van der Waals surface area contributed by atoms with Crippen molar-refractivity contribution in [2.75, 3.05) is 7.11 Å². The number of rotatable bonds is 9. The van der Waals surface area contributed by atoms with E-state index in [1.165, 1.54) is 37.4 Å². The van der Waals surface area contributed by atoms with Gasteiger partial charge in [0.1, 0.15) is 6.61 Å². The summed E-state index contributed by atoms with van der Waals surface area (Å²) in [5.74, 6) is -6.23. The molecule has 15 heteroatoms. The molecule has 2 rings (SSSR count). The van der Waals surface area contributed by atoms with Gasteiger partial charge in [-0.2, -0.15) is 35.8 Å². The normalized spacial score (nSPS) is 12.6. The zero-order valence-electron chi connectivity index (χ0n) is 16.3. The quantitative estimate of drug-likeness (QED) is 0.144. The van der Waals surface area contributed by atoms with E-state index in [-0.39, 0.29) is 33.8 Å². The summed E-state index contributed by atoms with van der Waals surface area (Å²) in [5, 5.41) is 13.6. The Morgan fingerprint density at radius 2 is 1.79 bits per heavy atom. The predicted molar refractivity (Wildman–Crippen MR) is 105 cm³/mol. The van der Waals surface area contributed by atoms with Crippen LogP contribution >= 0.6 is 15.9 Å². The zero-order valence-corrected chi connectivity index (χ0v) is 17.9. The van der Waals surface area contributed by atoms with Gasteiger partial charge in [-0.1, -0.05) is 12.1 Å². The molecule has 0 aromatic heterocycles. The Hall–Kier alpha value is -3.10. The van der Waals surface area contributed by atoms with E-state index in [0.717, 1.165) is 0 Å². The smallest absolute Gasteiger partial charge is 0.462 e. The number of benzene rings is 2. The van der Waals surface area contributed by atoms with Gasteiger partial charge in [0.05, 0.1) is 18.2 Å². The van der Waals surface area contributed by atoms with Crippen LogP contribution in [0.3, 0.4) is 0 Å². The molecule has 33 heavy (non-hydrogen) atoms. The minimum Gasteiger partial charge on any atom is -0.493 e. The summed E-state index contributed by atoms with van der Waals surface area (Å²) in [5.41, 5.74) is 0.772. The topological polar surface area (TPSA) is 86.0 Å². The number of nitro groups is 1. The van der Waals surface area contributed by atoms with Crippen molar-refractivity contribution >= 4 is 27.8 Å². The molecular formula is C18H13BrF7N3O4. The average molecular weight is 548 g/mol. The standard InChI is InChI=1S/C18H13BrF7N3O4/c1-32-14-6-11(8-27-28-18(25,26)16(20,21)17(22,23)24)13(19)7-15(14)33-9-10-3-2-4-12(5-10)29(30)31/h2-8,28H,9H2,1H3/b27-8+. The number of hydrazone groups is 1. The number of ether oxygens (including phenoxy) is 2. The molecule has 2 aromatic rings. The lowest BCUT2D eigenvalue weighted by Gasteiger charge is -2.27. The Morgan fingerprint density at radius 1 is 1.12 bits per heavy atom.